The molecule has 2 saturated heterocycles. The van der Waals surface area contributed by atoms with Gasteiger partial charge in [0.2, 0.25) is 17.6 Å². The van der Waals surface area contributed by atoms with Crippen molar-refractivity contribution in [2.45, 2.75) is 44.7 Å². The first-order chi connectivity index (χ1) is 9.44. The highest BCUT2D eigenvalue weighted by Crippen LogP contribution is 2.36. The van der Waals surface area contributed by atoms with Crippen LogP contribution < -0.4 is 5.32 Å². The lowest BCUT2D eigenvalue weighted by Crippen LogP contribution is -2.53. The van der Waals surface area contributed by atoms with Crippen molar-refractivity contribution in [1.82, 2.24) is 5.32 Å². The number of piperidine rings is 1. The third kappa shape index (κ3) is 2.51. The molecule has 3 aliphatic rings. The van der Waals surface area contributed by atoms with Crippen LogP contribution in [0.15, 0.2) is 12.0 Å². The van der Waals surface area contributed by atoms with Gasteiger partial charge in [-0.3, -0.25) is 14.9 Å². The highest BCUT2D eigenvalue weighted by atomic mass is 16.8. The smallest absolute Gasteiger partial charge is 0.226 e. The minimum atomic E-state index is -0.794. The summed E-state index contributed by atoms with van der Waals surface area (Å²) < 4.78 is 22.2. The van der Waals surface area contributed by atoms with Crippen LogP contribution >= 0.6 is 0 Å². The number of amides is 2. The van der Waals surface area contributed by atoms with Crippen molar-refractivity contribution in [2.75, 3.05) is 6.79 Å². The molecule has 0 saturated carbocycles. The second kappa shape index (κ2) is 4.75. The van der Waals surface area contributed by atoms with Gasteiger partial charge in [-0.2, -0.15) is 0 Å². The molecule has 0 bridgehead atoms. The van der Waals surface area contributed by atoms with Gasteiger partial charge in [-0.25, -0.2) is 0 Å². The van der Waals surface area contributed by atoms with Gasteiger partial charge in [0.05, 0.1) is 6.10 Å². The van der Waals surface area contributed by atoms with E-state index in [4.69, 9.17) is 18.9 Å². The molecular weight excluding hydrogens is 266 g/mol. The van der Waals surface area contributed by atoms with Gasteiger partial charge < -0.3 is 18.9 Å². The van der Waals surface area contributed by atoms with Crippen LogP contribution in [0.1, 0.15) is 26.7 Å². The molecule has 2 unspecified atom stereocenters. The van der Waals surface area contributed by atoms with E-state index in [2.05, 4.69) is 5.32 Å². The third-order valence-electron chi connectivity index (χ3n) is 3.57. The number of carbonyl (C=O) groups excluding carboxylic acids is 2. The molecule has 7 heteroatoms. The van der Waals surface area contributed by atoms with Crippen molar-refractivity contribution in [2.24, 2.45) is 5.92 Å². The van der Waals surface area contributed by atoms with Crippen LogP contribution in [0.2, 0.25) is 0 Å². The monoisotopic (exact) mass is 283 g/mol. The Morgan fingerprint density at radius 2 is 1.95 bits per heavy atom. The number of rotatable bonds is 1. The predicted octanol–water partition coefficient (Wildman–Crippen LogP) is 0.405. The highest BCUT2D eigenvalue weighted by Gasteiger charge is 2.46. The van der Waals surface area contributed by atoms with E-state index < -0.39 is 18.0 Å². The fraction of sp³-hybridized carbons (Fsp3) is 0.692. The number of carbonyl (C=O) groups is 2. The van der Waals surface area contributed by atoms with Crippen molar-refractivity contribution in [3.63, 3.8) is 0 Å². The van der Waals surface area contributed by atoms with Crippen molar-refractivity contribution in [3.05, 3.63) is 12.0 Å². The maximum atomic E-state index is 11.5. The molecule has 3 rings (SSSR count). The molecule has 0 radical (unpaired) electrons. The van der Waals surface area contributed by atoms with Gasteiger partial charge in [0.25, 0.3) is 0 Å². The summed E-state index contributed by atoms with van der Waals surface area (Å²) in [6.45, 7) is 3.63. The summed E-state index contributed by atoms with van der Waals surface area (Å²) in [6.07, 6.45) is 1.15. The Labute approximate surface area is 116 Å². The van der Waals surface area contributed by atoms with E-state index in [0.717, 1.165) is 0 Å². The molecular formula is C13H17NO6. The second-order valence-corrected chi connectivity index (χ2v) is 5.61. The Hall–Kier alpha value is -1.60. The molecule has 2 amide bonds. The summed E-state index contributed by atoms with van der Waals surface area (Å²) in [5, 5.41) is 2.29. The zero-order valence-electron chi connectivity index (χ0n) is 11.4. The van der Waals surface area contributed by atoms with Crippen LogP contribution in [0.5, 0.6) is 0 Å². The number of hydrogen-bond donors (Lipinski definition) is 1. The van der Waals surface area contributed by atoms with Crippen LogP contribution in [0.3, 0.4) is 0 Å². The number of ether oxygens (including phenoxy) is 4. The molecule has 0 aliphatic carbocycles. The van der Waals surface area contributed by atoms with Crippen molar-refractivity contribution in [3.8, 4) is 0 Å². The first kappa shape index (κ1) is 13.4. The largest absolute Gasteiger partial charge is 0.467 e. The van der Waals surface area contributed by atoms with E-state index in [0.29, 0.717) is 5.76 Å². The Balaban J connectivity index is 1.81. The lowest BCUT2D eigenvalue weighted by atomic mass is 9.87. The van der Waals surface area contributed by atoms with Gasteiger partial charge in [-0.1, -0.05) is 0 Å². The molecule has 0 spiro atoms. The van der Waals surface area contributed by atoms with Gasteiger partial charge in [0.15, 0.2) is 12.6 Å². The lowest BCUT2D eigenvalue weighted by Gasteiger charge is -2.44. The molecule has 2 fully saturated rings. The minimum Gasteiger partial charge on any atom is -0.467 e. The maximum absolute atomic E-state index is 11.5. The fourth-order valence-electron chi connectivity index (χ4n) is 2.69. The van der Waals surface area contributed by atoms with Crippen LogP contribution in [0.4, 0.5) is 0 Å². The molecule has 0 aromatic rings. The summed E-state index contributed by atoms with van der Waals surface area (Å²) in [6, 6.07) is 0. The molecule has 20 heavy (non-hydrogen) atoms. The van der Waals surface area contributed by atoms with E-state index in [-0.39, 0.29) is 37.4 Å². The maximum Gasteiger partial charge on any atom is 0.226 e. The normalized spacial score (nSPS) is 33.4. The molecule has 110 valence electrons. The Bertz CT molecular complexity index is 455. The van der Waals surface area contributed by atoms with Crippen molar-refractivity contribution in [1.29, 1.82) is 0 Å². The minimum absolute atomic E-state index is 0.0620. The van der Waals surface area contributed by atoms with E-state index in [9.17, 15) is 9.59 Å². The lowest BCUT2D eigenvalue weighted by molar-refractivity contribution is -0.288. The van der Waals surface area contributed by atoms with Gasteiger partial charge in [-0.05, 0) is 0 Å². The van der Waals surface area contributed by atoms with Crippen LogP contribution in [-0.2, 0) is 28.5 Å². The number of nitrogens with one attached hydrogen (secondary N) is 1. The first-order valence-electron chi connectivity index (χ1n) is 6.57. The van der Waals surface area contributed by atoms with E-state index in [1.807, 2.05) is 0 Å². The molecule has 0 aromatic heterocycles. The summed E-state index contributed by atoms with van der Waals surface area (Å²) in [5.74, 6) is -1.03. The topological polar surface area (TPSA) is 83.1 Å². The van der Waals surface area contributed by atoms with Gasteiger partial charge in [-0.15, -0.1) is 0 Å². The average Bonchev–Trinajstić information content (AvgIpc) is 2.35. The molecule has 3 aliphatic heterocycles. The molecule has 2 atom stereocenters. The first-order valence-corrected chi connectivity index (χ1v) is 6.57. The SMILES string of the molecule is CC1(C)OC=C2OCOC(C3CC(=O)NC(=O)C3)C2O1. The second-order valence-electron chi connectivity index (χ2n) is 5.61. The Kier molecular flexibility index (Phi) is 3.18. The summed E-state index contributed by atoms with van der Waals surface area (Å²) >= 11 is 0. The van der Waals surface area contributed by atoms with Crippen molar-refractivity contribution < 1.29 is 28.5 Å². The van der Waals surface area contributed by atoms with Crippen LogP contribution in [-0.4, -0.2) is 36.6 Å². The summed E-state index contributed by atoms with van der Waals surface area (Å²) in [5.41, 5.74) is 0. The Morgan fingerprint density at radius 1 is 1.25 bits per heavy atom. The zero-order valence-corrected chi connectivity index (χ0v) is 11.4. The van der Waals surface area contributed by atoms with Gasteiger partial charge in [0.1, 0.15) is 12.4 Å². The van der Waals surface area contributed by atoms with E-state index in [1.165, 1.54) is 6.26 Å². The number of imide groups is 1. The average molecular weight is 283 g/mol. The Morgan fingerprint density at radius 3 is 2.65 bits per heavy atom. The predicted molar refractivity (Wildman–Crippen MR) is 64.8 cm³/mol. The summed E-state index contributed by atoms with van der Waals surface area (Å²) in [4.78, 5) is 23.0. The standard InChI is InChI=1S/C13H17NO6/c1-13(2)19-5-8-12(20-13)11(18-6-17-8)7-3-9(15)14-10(16)4-7/h5,7,11-12H,3-4,6H2,1-2H3,(H,14,15,16). The third-order valence-corrected chi connectivity index (χ3v) is 3.57. The van der Waals surface area contributed by atoms with E-state index in [1.54, 1.807) is 13.8 Å². The summed E-state index contributed by atoms with van der Waals surface area (Å²) in [7, 11) is 0. The molecule has 1 N–H and O–H groups in total. The number of fused-ring (bicyclic) bond motifs is 1. The van der Waals surface area contributed by atoms with Crippen LogP contribution in [0.25, 0.3) is 0 Å². The molecule has 0 aromatic carbocycles. The fourth-order valence-corrected chi connectivity index (χ4v) is 2.69. The molecule has 3 heterocycles. The van der Waals surface area contributed by atoms with Gasteiger partial charge >= 0.3 is 0 Å². The van der Waals surface area contributed by atoms with Crippen molar-refractivity contribution >= 4 is 11.8 Å². The molecule has 7 nitrogen and oxygen atoms in total. The van der Waals surface area contributed by atoms with Gasteiger partial charge in [0, 0.05) is 32.6 Å². The zero-order chi connectivity index (χ0) is 14.3. The van der Waals surface area contributed by atoms with E-state index >= 15 is 0 Å². The number of hydrogen-bond acceptors (Lipinski definition) is 6. The van der Waals surface area contributed by atoms with Crippen LogP contribution in [0, 0.1) is 5.92 Å². The quantitative estimate of drug-likeness (QED) is 0.702. The highest BCUT2D eigenvalue weighted by molar-refractivity contribution is 5.97.